The van der Waals surface area contributed by atoms with E-state index in [1.807, 2.05) is 13.1 Å². The molecule has 2 N–H and O–H groups in total. The van der Waals surface area contributed by atoms with Crippen molar-refractivity contribution in [3.8, 4) is 0 Å². The van der Waals surface area contributed by atoms with Crippen molar-refractivity contribution in [1.82, 2.24) is 20.4 Å². The van der Waals surface area contributed by atoms with Crippen molar-refractivity contribution < 1.29 is 13.2 Å². The molecule has 1 aliphatic heterocycles. The Morgan fingerprint density at radius 3 is 2.84 bits per heavy atom. The molecule has 0 bridgehead atoms. The van der Waals surface area contributed by atoms with E-state index in [9.17, 15) is 13.2 Å². The topological polar surface area (TPSA) is 41.9 Å². The van der Waals surface area contributed by atoms with E-state index in [-0.39, 0.29) is 13.0 Å². The molecule has 1 saturated heterocycles. The zero-order valence-corrected chi connectivity index (χ0v) is 10.7. The number of rotatable bonds is 4. The van der Waals surface area contributed by atoms with Crippen molar-refractivity contribution in [2.24, 2.45) is 17.9 Å². The van der Waals surface area contributed by atoms with Crippen molar-refractivity contribution in [3.63, 3.8) is 0 Å². The van der Waals surface area contributed by atoms with Gasteiger partial charge in [-0.3, -0.25) is 4.68 Å². The van der Waals surface area contributed by atoms with Gasteiger partial charge in [-0.2, -0.15) is 18.3 Å². The third-order valence-electron chi connectivity index (χ3n) is 4.66. The normalized spacial score (nSPS) is 33.5. The maximum atomic E-state index is 13.1. The Kier molecular flexibility index (Phi) is 2.69. The number of hydrogen-bond donors (Lipinski definition) is 2. The first-order valence-electron chi connectivity index (χ1n) is 6.35. The highest BCUT2D eigenvalue weighted by atomic mass is 19.4. The van der Waals surface area contributed by atoms with Gasteiger partial charge in [-0.05, 0) is 12.5 Å². The van der Waals surface area contributed by atoms with E-state index in [4.69, 9.17) is 0 Å². The zero-order chi connectivity index (χ0) is 13.7. The quantitative estimate of drug-likeness (QED) is 0.862. The predicted molar refractivity (Wildman–Crippen MR) is 63.3 cm³/mol. The van der Waals surface area contributed by atoms with Crippen LogP contribution in [-0.4, -0.2) is 35.6 Å². The van der Waals surface area contributed by atoms with E-state index in [2.05, 4.69) is 15.7 Å². The summed E-state index contributed by atoms with van der Waals surface area (Å²) < 4.78 is 41.1. The molecule has 1 aromatic heterocycles. The summed E-state index contributed by atoms with van der Waals surface area (Å²) in [5.41, 5.74) is -1.18. The summed E-state index contributed by atoms with van der Waals surface area (Å²) in [6.07, 6.45) is -2.18. The standard InChI is InChI=1S/C12H17F3N4/c1-19-9(2-3-18-19)4-16-6-10-5-11(10,8-17-7-10)12(13,14)15/h2-3,16-17H,4-8H2,1H3/t10-,11+/m0/s1. The minimum Gasteiger partial charge on any atom is -0.315 e. The van der Waals surface area contributed by atoms with Crippen molar-refractivity contribution in [1.29, 1.82) is 0 Å². The molecule has 2 atom stereocenters. The fourth-order valence-electron chi connectivity index (χ4n) is 3.33. The van der Waals surface area contributed by atoms with E-state index < -0.39 is 17.0 Å². The van der Waals surface area contributed by atoms with Gasteiger partial charge in [0, 0.05) is 44.8 Å². The van der Waals surface area contributed by atoms with Gasteiger partial charge in [-0.25, -0.2) is 0 Å². The number of hydrogen-bond acceptors (Lipinski definition) is 3. The minimum absolute atomic E-state index is 0.0594. The first-order chi connectivity index (χ1) is 8.90. The largest absolute Gasteiger partial charge is 0.396 e. The molecule has 4 nitrogen and oxygen atoms in total. The summed E-state index contributed by atoms with van der Waals surface area (Å²) in [6.45, 7) is 1.45. The van der Waals surface area contributed by atoms with Gasteiger partial charge < -0.3 is 10.6 Å². The highest BCUT2D eigenvalue weighted by molar-refractivity contribution is 5.24. The Morgan fingerprint density at radius 1 is 1.47 bits per heavy atom. The van der Waals surface area contributed by atoms with Crippen molar-refractivity contribution in [2.45, 2.75) is 19.1 Å². The van der Waals surface area contributed by atoms with Crippen LogP contribution in [0.15, 0.2) is 12.3 Å². The molecule has 2 fully saturated rings. The van der Waals surface area contributed by atoms with Gasteiger partial charge >= 0.3 is 6.18 Å². The first-order valence-corrected chi connectivity index (χ1v) is 6.35. The van der Waals surface area contributed by atoms with Crippen LogP contribution in [0.3, 0.4) is 0 Å². The maximum Gasteiger partial charge on any atom is 0.396 e. The predicted octanol–water partition coefficient (Wildman–Crippen LogP) is 1.05. The lowest BCUT2D eigenvalue weighted by Crippen LogP contribution is -2.35. The Bertz CT molecular complexity index is 484. The van der Waals surface area contributed by atoms with Crippen LogP contribution in [0, 0.1) is 10.8 Å². The number of piperidine rings is 1. The summed E-state index contributed by atoms with van der Waals surface area (Å²) in [6, 6.07) is 1.86. The fourth-order valence-corrected chi connectivity index (χ4v) is 3.33. The average Bonchev–Trinajstić information content (AvgIpc) is 2.64. The lowest BCUT2D eigenvalue weighted by Gasteiger charge is -2.20. The van der Waals surface area contributed by atoms with E-state index in [0.717, 1.165) is 5.69 Å². The van der Waals surface area contributed by atoms with E-state index in [0.29, 0.717) is 19.6 Å². The van der Waals surface area contributed by atoms with Gasteiger partial charge in [0.25, 0.3) is 0 Å². The second-order valence-corrected chi connectivity index (χ2v) is 5.69. The van der Waals surface area contributed by atoms with Crippen LogP contribution < -0.4 is 10.6 Å². The van der Waals surface area contributed by atoms with Crippen LogP contribution in [0.2, 0.25) is 0 Å². The molecular formula is C12H17F3N4. The van der Waals surface area contributed by atoms with Crippen LogP contribution in [0.1, 0.15) is 12.1 Å². The summed E-state index contributed by atoms with van der Waals surface area (Å²) in [5.74, 6) is 0. The van der Waals surface area contributed by atoms with E-state index in [1.54, 1.807) is 10.9 Å². The molecule has 0 aromatic carbocycles. The highest BCUT2D eigenvalue weighted by Crippen LogP contribution is 2.72. The zero-order valence-electron chi connectivity index (χ0n) is 10.7. The minimum atomic E-state index is -4.11. The third-order valence-corrected chi connectivity index (χ3v) is 4.66. The van der Waals surface area contributed by atoms with Gasteiger partial charge in [0.1, 0.15) is 0 Å². The molecule has 0 unspecified atom stereocenters. The molecule has 1 saturated carbocycles. The van der Waals surface area contributed by atoms with Crippen molar-refractivity contribution in [3.05, 3.63) is 18.0 Å². The second kappa shape index (κ2) is 3.96. The fraction of sp³-hybridized carbons (Fsp3) is 0.750. The summed E-state index contributed by atoms with van der Waals surface area (Å²) >= 11 is 0. The first kappa shape index (κ1) is 12.9. The van der Waals surface area contributed by atoms with Crippen LogP contribution in [0.5, 0.6) is 0 Å². The number of aromatic nitrogens is 2. The van der Waals surface area contributed by atoms with Crippen LogP contribution in [0.25, 0.3) is 0 Å². The smallest absolute Gasteiger partial charge is 0.315 e. The Labute approximate surface area is 109 Å². The Hall–Kier alpha value is -1.08. The number of aryl methyl sites for hydroxylation is 1. The van der Waals surface area contributed by atoms with Crippen LogP contribution in [0.4, 0.5) is 13.2 Å². The molecule has 19 heavy (non-hydrogen) atoms. The van der Waals surface area contributed by atoms with Gasteiger partial charge in [0.15, 0.2) is 0 Å². The van der Waals surface area contributed by atoms with Crippen LogP contribution in [-0.2, 0) is 13.6 Å². The molecule has 0 amide bonds. The van der Waals surface area contributed by atoms with Crippen molar-refractivity contribution >= 4 is 0 Å². The van der Waals surface area contributed by atoms with Gasteiger partial charge in [0.2, 0.25) is 0 Å². The van der Waals surface area contributed by atoms with Gasteiger partial charge in [0.05, 0.1) is 11.1 Å². The summed E-state index contributed by atoms with van der Waals surface area (Å²) in [5, 5.41) is 10.1. The lowest BCUT2D eigenvalue weighted by molar-refractivity contribution is -0.190. The molecule has 106 valence electrons. The number of fused-ring (bicyclic) bond motifs is 1. The van der Waals surface area contributed by atoms with E-state index >= 15 is 0 Å². The molecule has 1 aliphatic carbocycles. The molecule has 2 heterocycles. The number of nitrogens with zero attached hydrogens (tertiary/aromatic N) is 2. The van der Waals surface area contributed by atoms with Crippen LogP contribution >= 0.6 is 0 Å². The SMILES string of the molecule is Cn1nccc1CNC[C@@]12CNC[C@]1(C(F)(F)F)C2. The Balaban J connectivity index is 1.61. The van der Waals surface area contributed by atoms with Gasteiger partial charge in [-0.1, -0.05) is 0 Å². The number of alkyl halides is 3. The lowest BCUT2D eigenvalue weighted by atomic mass is 9.95. The molecule has 1 aromatic rings. The Morgan fingerprint density at radius 2 is 2.26 bits per heavy atom. The number of halogens is 3. The monoisotopic (exact) mass is 274 g/mol. The second-order valence-electron chi connectivity index (χ2n) is 5.69. The maximum absolute atomic E-state index is 13.1. The summed E-state index contributed by atoms with van der Waals surface area (Å²) in [4.78, 5) is 0. The molecule has 0 spiro atoms. The highest BCUT2D eigenvalue weighted by Gasteiger charge is 2.81. The van der Waals surface area contributed by atoms with E-state index in [1.165, 1.54) is 0 Å². The molecule has 7 heteroatoms. The third kappa shape index (κ3) is 1.79. The number of nitrogens with one attached hydrogen (secondary N) is 2. The van der Waals surface area contributed by atoms with Crippen molar-refractivity contribution in [2.75, 3.05) is 19.6 Å². The molecule has 0 radical (unpaired) electrons. The average molecular weight is 274 g/mol. The molecular weight excluding hydrogens is 257 g/mol. The van der Waals surface area contributed by atoms with Gasteiger partial charge in [-0.15, -0.1) is 0 Å². The molecule has 2 aliphatic rings. The summed E-state index contributed by atoms with van der Waals surface area (Å²) in [7, 11) is 1.82. The molecule has 3 rings (SSSR count).